The number of aliphatic hydroxyl groups excluding tert-OH is 1. The fourth-order valence-corrected chi connectivity index (χ4v) is 1.13. The van der Waals surface area contributed by atoms with Crippen molar-refractivity contribution in [2.45, 2.75) is 13.5 Å². The maximum absolute atomic E-state index is 9.07. The molecule has 1 aromatic rings. The number of rotatable bonds is 3. The molecule has 15 heavy (non-hydrogen) atoms. The molecule has 0 fully saturated rings. The Morgan fingerprint density at radius 2 is 2.20 bits per heavy atom. The third kappa shape index (κ3) is 3.08. The molecular weight excluding hydrogens is 212 g/mol. The second-order valence-corrected chi connectivity index (χ2v) is 3.33. The van der Waals surface area contributed by atoms with Crippen molar-refractivity contribution < 1.29 is 5.11 Å². The van der Waals surface area contributed by atoms with Crippen LogP contribution in [-0.2, 0) is 6.61 Å². The molecule has 0 aliphatic heterocycles. The third-order valence-corrected chi connectivity index (χ3v) is 2.31. The summed E-state index contributed by atoms with van der Waals surface area (Å²) < 4.78 is 0. The Kier molecular flexibility index (Phi) is 4.34. The van der Waals surface area contributed by atoms with Gasteiger partial charge >= 0.3 is 0 Å². The van der Waals surface area contributed by atoms with Crippen molar-refractivity contribution in [2.24, 2.45) is 10.7 Å². The Morgan fingerprint density at radius 3 is 2.80 bits per heavy atom. The quantitative estimate of drug-likeness (QED) is 0.612. The van der Waals surface area contributed by atoms with E-state index in [0.717, 1.165) is 5.56 Å². The molecule has 0 heterocycles. The molecule has 1 aromatic carbocycles. The summed E-state index contributed by atoms with van der Waals surface area (Å²) in [6, 6.07) is 7.22. The topological polar surface area (TPSA) is 58.6 Å². The lowest BCUT2D eigenvalue weighted by molar-refractivity contribution is 0.282. The number of nitrogens with zero attached hydrogens (tertiary/aromatic N) is 1. The molecule has 4 heteroatoms. The van der Waals surface area contributed by atoms with Gasteiger partial charge in [0.1, 0.15) is 5.84 Å². The van der Waals surface area contributed by atoms with E-state index in [0.29, 0.717) is 10.7 Å². The third-order valence-electron chi connectivity index (χ3n) is 1.90. The fraction of sp³-hybridized carbons (Fsp3) is 0.182. The summed E-state index contributed by atoms with van der Waals surface area (Å²) in [4.78, 5) is 4.13. The van der Waals surface area contributed by atoms with Crippen molar-refractivity contribution in [2.75, 3.05) is 0 Å². The summed E-state index contributed by atoms with van der Waals surface area (Å²) in [5, 5.41) is 9.47. The summed E-state index contributed by atoms with van der Waals surface area (Å²) in [6.07, 6.45) is 1.67. The zero-order valence-electron chi connectivity index (χ0n) is 8.44. The monoisotopic (exact) mass is 224 g/mol. The molecule has 1 rings (SSSR count). The Balaban J connectivity index is 3.07. The number of benzene rings is 1. The van der Waals surface area contributed by atoms with Crippen molar-refractivity contribution in [3.05, 3.63) is 40.9 Å². The van der Waals surface area contributed by atoms with Gasteiger partial charge in [-0.05, 0) is 13.0 Å². The fourth-order valence-electron chi connectivity index (χ4n) is 1.08. The van der Waals surface area contributed by atoms with Crippen LogP contribution in [0, 0.1) is 0 Å². The van der Waals surface area contributed by atoms with E-state index < -0.39 is 0 Å². The highest BCUT2D eigenvalue weighted by atomic mass is 35.5. The molecule has 80 valence electrons. The normalized spacial score (nSPS) is 13.0. The van der Waals surface area contributed by atoms with Gasteiger partial charge in [-0.15, -0.1) is 0 Å². The van der Waals surface area contributed by atoms with Crippen LogP contribution in [0.25, 0.3) is 0 Å². The lowest BCUT2D eigenvalue weighted by Gasteiger charge is -2.03. The first-order chi connectivity index (χ1) is 7.19. The molecule has 0 bridgehead atoms. The summed E-state index contributed by atoms with van der Waals surface area (Å²) in [7, 11) is 0. The second kappa shape index (κ2) is 5.53. The molecule has 0 atom stereocenters. The molecule has 0 aromatic heterocycles. The molecule has 0 aliphatic carbocycles. The number of hydrogen-bond donors (Lipinski definition) is 2. The minimum Gasteiger partial charge on any atom is -0.392 e. The first-order valence-electron chi connectivity index (χ1n) is 4.54. The van der Waals surface area contributed by atoms with E-state index >= 15 is 0 Å². The molecular formula is C11H13ClN2O. The summed E-state index contributed by atoms with van der Waals surface area (Å²) in [5.74, 6) is 0.250. The van der Waals surface area contributed by atoms with Gasteiger partial charge in [-0.2, -0.15) is 0 Å². The van der Waals surface area contributed by atoms with Crippen LogP contribution in [0.2, 0.25) is 0 Å². The van der Waals surface area contributed by atoms with E-state index in [2.05, 4.69) is 4.99 Å². The van der Waals surface area contributed by atoms with Crippen molar-refractivity contribution in [3.63, 3.8) is 0 Å². The molecule has 0 radical (unpaired) electrons. The molecule has 0 saturated carbocycles. The number of halogens is 1. The summed E-state index contributed by atoms with van der Waals surface area (Å²) >= 11 is 5.80. The van der Waals surface area contributed by atoms with Crippen LogP contribution in [0.15, 0.2) is 40.4 Å². The van der Waals surface area contributed by atoms with E-state index in [-0.39, 0.29) is 12.4 Å². The molecule has 0 aliphatic rings. The Bertz CT molecular complexity index is 399. The second-order valence-electron chi connectivity index (χ2n) is 2.92. The van der Waals surface area contributed by atoms with Gasteiger partial charge < -0.3 is 10.8 Å². The van der Waals surface area contributed by atoms with E-state index in [1.54, 1.807) is 25.1 Å². The van der Waals surface area contributed by atoms with E-state index in [9.17, 15) is 0 Å². The Morgan fingerprint density at radius 1 is 1.53 bits per heavy atom. The Labute approximate surface area is 93.9 Å². The standard InChI is InChI=1S/C11H13ClN2O/c1-2-9(12)11(13)14-10-6-4-3-5-8(10)7-15/h2-6,15H,7H2,1H3,(H2,13,14)/b9-2+. The Hall–Kier alpha value is -1.32. The predicted octanol–water partition coefficient (Wildman–Crippen LogP) is 2.31. The van der Waals surface area contributed by atoms with Crippen LogP contribution in [0.5, 0.6) is 0 Å². The smallest absolute Gasteiger partial charge is 0.142 e. The van der Waals surface area contributed by atoms with Crippen LogP contribution < -0.4 is 5.73 Å². The highest BCUT2D eigenvalue weighted by Gasteiger charge is 2.01. The molecule has 0 spiro atoms. The van der Waals surface area contributed by atoms with Crippen LogP contribution in [0.4, 0.5) is 5.69 Å². The van der Waals surface area contributed by atoms with Crippen LogP contribution >= 0.6 is 11.6 Å². The van der Waals surface area contributed by atoms with Crippen LogP contribution in [-0.4, -0.2) is 10.9 Å². The van der Waals surface area contributed by atoms with E-state index in [4.69, 9.17) is 22.4 Å². The average Bonchev–Trinajstić information content (AvgIpc) is 2.28. The zero-order valence-corrected chi connectivity index (χ0v) is 9.20. The number of para-hydroxylation sites is 1. The van der Waals surface area contributed by atoms with Gasteiger partial charge in [-0.1, -0.05) is 35.9 Å². The number of allylic oxidation sites excluding steroid dienone is 1. The number of nitrogens with two attached hydrogens (primary N) is 1. The number of hydrogen-bond acceptors (Lipinski definition) is 2. The lowest BCUT2D eigenvalue weighted by Crippen LogP contribution is -2.11. The molecule has 3 nitrogen and oxygen atoms in total. The van der Waals surface area contributed by atoms with Crippen molar-refractivity contribution in [3.8, 4) is 0 Å². The molecule has 0 saturated heterocycles. The first kappa shape index (κ1) is 11.8. The van der Waals surface area contributed by atoms with Gasteiger partial charge in [0.15, 0.2) is 0 Å². The number of aliphatic imine (C=N–C) groups is 1. The van der Waals surface area contributed by atoms with Gasteiger partial charge in [0, 0.05) is 5.56 Å². The van der Waals surface area contributed by atoms with Gasteiger partial charge in [-0.3, -0.25) is 0 Å². The van der Waals surface area contributed by atoms with Gasteiger partial charge in [0.2, 0.25) is 0 Å². The maximum atomic E-state index is 9.07. The molecule has 0 unspecified atom stereocenters. The van der Waals surface area contributed by atoms with E-state index in [1.165, 1.54) is 0 Å². The first-order valence-corrected chi connectivity index (χ1v) is 4.92. The van der Waals surface area contributed by atoms with Crippen molar-refractivity contribution >= 4 is 23.1 Å². The van der Waals surface area contributed by atoms with Gasteiger partial charge in [0.05, 0.1) is 17.3 Å². The minimum atomic E-state index is -0.0690. The number of aliphatic hydroxyl groups is 1. The predicted molar refractivity (Wildman–Crippen MR) is 63.3 cm³/mol. The highest BCUT2D eigenvalue weighted by molar-refractivity contribution is 6.43. The largest absolute Gasteiger partial charge is 0.392 e. The highest BCUT2D eigenvalue weighted by Crippen LogP contribution is 2.19. The van der Waals surface area contributed by atoms with Crippen LogP contribution in [0.1, 0.15) is 12.5 Å². The zero-order chi connectivity index (χ0) is 11.3. The average molecular weight is 225 g/mol. The summed E-state index contributed by atoms with van der Waals surface area (Å²) in [5.41, 5.74) is 7.01. The SMILES string of the molecule is C/C=C(/Cl)C(N)=Nc1ccccc1CO. The van der Waals surface area contributed by atoms with E-state index in [1.807, 2.05) is 12.1 Å². The minimum absolute atomic E-state index is 0.0690. The number of amidine groups is 1. The summed E-state index contributed by atoms with van der Waals surface area (Å²) in [6.45, 7) is 1.71. The van der Waals surface area contributed by atoms with Crippen molar-refractivity contribution in [1.29, 1.82) is 0 Å². The van der Waals surface area contributed by atoms with Crippen LogP contribution in [0.3, 0.4) is 0 Å². The van der Waals surface area contributed by atoms with Gasteiger partial charge in [0.25, 0.3) is 0 Å². The van der Waals surface area contributed by atoms with Crippen molar-refractivity contribution in [1.82, 2.24) is 0 Å². The lowest BCUT2D eigenvalue weighted by atomic mass is 10.2. The molecule has 3 N–H and O–H groups in total. The van der Waals surface area contributed by atoms with Gasteiger partial charge in [-0.25, -0.2) is 4.99 Å². The molecule has 0 amide bonds. The maximum Gasteiger partial charge on any atom is 0.142 e.